The first-order valence-corrected chi connectivity index (χ1v) is 10.1. The monoisotopic (exact) mass is 426 g/mol. The molecular weight excluding hydrogens is 396 g/mol. The Balaban J connectivity index is 1.71. The van der Waals surface area contributed by atoms with Crippen molar-refractivity contribution in [2.45, 2.75) is 0 Å². The van der Waals surface area contributed by atoms with Crippen LogP contribution in [0, 0.1) is 0 Å². The van der Waals surface area contributed by atoms with E-state index in [0.29, 0.717) is 11.6 Å². The van der Waals surface area contributed by atoms with Gasteiger partial charge in [0.2, 0.25) is 5.96 Å². The molecule has 1 fully saturated rings. The lowest BCUT2D eigenvalue weighted by Gasteiger charge is -2.28. The second kappa shape index (κ2) is 11.1. The van der Waals surface area contributed by atoms with E-state index in [0.717, 1.165) is 50.8 Å². The van der Waals surface area contributed by atoms with E-state index in [1.54, 1.807) is 6.07 Å². The Kier molecular flexibility index (Phi) is 7.96. The molecule has 1 aromatic heterocycles. The lowest BCUT2D eigenvalue weighted by atomic mass is 10.2. The fourth-order valence-electron chi connectivity index (χ4n) is 2.93. The van der Waals surface area contributed by atoms with E-state index >= 15 is 0 Å². The Morgan fingerprint density at radius 2 is 1.90 bits per heavy atom. The molecule has 0 unspecified atom stereocenters. The highest BCUT2D eigenvalue weighted by atomic mass is 16.5. The van der Waals surface area contributed by atoms with Crippen LogP contribution in [0.5, 0.6) is 0 Å². The molecule has 11 nitrogen and oxygen atoms in total. The topological polar surface area (TPSA) is 142 Å². The van der Waals surface area contributed by atoms with Crippen LogP contribution in [0.4, 0.5) is 23.0 Å². The van der Waals surface area contributed by atoms with E-state index in [1.807, 2.05) is 38.4 Å². The molecule has 1 aliphatic heterocycles. The summed E-state index contributed by atoms with van der Waals surface area (Å²) in [6, 6.07) is 9.73. The second-order valence-corrected chi connectivity index (χ2v) is 7.23. The number of ether oxygens (including phenoxy) is 1. The molecule has 0 aliphatic carbocycles. The van der Waals surface area contributed by atoms with E-state index in [1.165, 1.54) is 6.33 Å². The smallest absolute Gasteiger partial charge is 0.232 e. The number of benzene rings is 1. The van der Waals surface area contributed by atoms with E-state index in [9.17, 15) is 0 Å². The average molecular weight is 427 g/mol. The number of aliphatic imine (C=N–C) groups is 2. The number of nitrogens with two attached hydrogens (primary N) is 2. The molecule has 2 heterocycles. The highest BCUT2D eigenvalue weighted by Gasteiger charge is 2.11. The maximum Gasteiger partial charge on any atom is 0.232 e. The van der Waals surface area contributed by atoms with Gasteiger partial charge in [-0.2, -0.15) is 9.98 Å². The third-order valence-corrected chi connectivity index (χ3v) is 4.47. The van der Waals surface area contributed by atoms with Gasteiger partial charge in [0.25, 0.3) is 0 Å². The molecule has 11 heteroatoms. The molecule has 3 rings (SSSR count). The zero-order valence-electron chi connectivity index (χ0n) is 18.0. The van der Waals surface area contributed by atoms with Crippen molar-refractivity contribution in [3.05, 3.63) is 36.7 Å². The number of anilines is 3. The zero-order chi connectivity index (χ0) is 22.1. The van der Waals surface area contributed by atoms with E-state index < -0.39 is 0 Å². The van der Waals surface area contributed by atoms with Gasteiger partial charge in [-0.15, -0.1) is 0 Å². The summed E-state index contributed by atoms with van der Waals surface area (Å²) in [6.45, 7) is 4.88. The third kappa shape index (κ3) is 7.39. The number of nitrogens with one attached hydrogen (secondary N) is 2. The molecule has 0 radical (unpaired) electrons. The molecule has 0 amide bonds. The quantitative estimate of drug-likeness (QED) is 0.371. The molecule has 31 heavy (non-hydrogen) atoms. The largest absolute Gasteiger partial charge is 0.378 e. The van der Waals surface area contributed by atoms with E-state index in [-0.39, 0.29) is 11.9 Å². The number of nitrogens with zero attached hydrogens (tertiary/aromatic N) is 6. The Labute approximate surface area is 182 Å². The maximum absolute atomic E-state index is 5.58. The third-order valence-electron chi connectivity index (χ3n) is 4.47. The molecule has 0 bridgehead atoms. The molecule has 166 valence electrons. The van der Waals surface area contributed by atoms with Gasteiger partial charge in [0.05, 0.1) is 13.2 Å². The number of rotatable bonds is 7. The number of guanidine groups is 2. The van der Waals surface area contributed by atoms with Gasteiger partial charge in [-0.25, -0.2) is 9.97 Å². The van der Waals surface area contributed by atoms with Crippen molar-refractivity contribution in [1.82, 2.24) is 14.9 Å². The summed E-state index contributed by atoms with van der Waals surface area (Å²) in [5, 5.41) is 6.37. The van der Waals surface area contributed by atoms with Crippen LogP contribution in [0.15, 0.2) is 46.6 Å². The SMILES string of the molecule is CN(C)CCNc1cc(N=C(N=C(N)N)Nc2ccc(N3CCOCC3)cc2)ncn1. The van der Waals surface area contributed by atoms with Gasteiger partial charge >= 0.3 is 0 Å². The fraction of sp³-hybridized carbons (Fsp3) is 0.400. The van der Waals surface area contributed by atoms with Gasteiger partial charge in [-0.1, -0.05) is 0 Å². The van der Waals surface area contributed by atoms with E-state index in [4.69, 9.17) is 16.2 Å². The Hall–Kier alpha value is -3.44. The molecule has 2 aromatic rings. The van der Waals surface area contributed by atoms with Crippen LogP contribution in [-0.4, -0.2) is 80.3 Å². The van der Waals surface area contributed by atoms with Crippen LogP contribution in [0.2, 0.25) is 0 Å². The van der Waals surface area contributed by atoms with Crippen LogP contribution in [0.3, 0.4) is 0 Å². The summed E-state index contributed by atoms with van der Waals surface area (Å²) in [7, 11) is 4.02. The van der Waals surface area contributed by atoms with Crippen molar-refractivity contribution >= 4 is 34.9 Å². The van der Waals surface area contributed by atoms with Crippen molar-refractivity contribution in [3.8, 4) is 0 Å². The van der Waals surface area contributed by atoms with Crippen molar-refractivity contribution in [2.75, 3.05) is 69.0 Å². The first-order chi connectivity index (χ1) is 15.0. The highest BCUT2D eigenvalue weighted by Crippen LogP contribution is 2.20. The number of hydrogen-bond donors (Lipinski definition) is 4. The summed E-state index contributed by atoms with van der Waals surface area (Å²) in [6.07, 6.45) is 1.45. The Morgan fingerprint density at radius 1 is 1.16 bits per heavy atom. The molecule has 1 aliphatic rings. The zero-order valence-corrected chi connectivity index (χ0v) is 18.0. The molecule has 1 aromatic carbocycles. The van der Waals surface area contributed by atoms with Gasteiger partial charge in [0.15, 0.2) is 11.8 Å². The van der Waals surface area contributed by atoms with Crippen molar-refractivity contribution in [2.24, 2.45) is 21.5 Å². The number of hydrogen-bond acceptors (Lipinski definition) is 7. The summed E-state index contributed by atoms with van der Waals surface area (Å²) in [5.74, 6) is 1.24. The molecule has 1 saturated heterocycles. The summed E-state index contributed by atoms with van der Waals surface area (Å²) < 4.78 is 5.41. The van der Waals surface area contributed by atoms with Crippen LogP contribution in [0.25, 0.3) is 0 Å². The van der Waals surface area contributed by atoms with Crippen LogP contribution < -0.4 is 27.0 Å². The van der Waals surface area contributed by atoms with Crippen LogP contribution in [-0.2, 0) is 4.74 Å². The first-order valence-electron chi connectivity index (χ1n) is 10.1. The summed E-state index contributed by atoms with van der Waals surface area (Å²) in [5.41, 5.74) is 13.1. The second-order valence-electron chi connectivity index (χ2n) is 7.23. The number of likely N-dealkylation sites (N-methyl/N-ethyl adjacent to an activating group) is 1. The first kappa shape index (κ1) is 22.2. The van der Waals surface area contributed by atoms with Gasteiger partial charge in [-0.3, -0.25) is 0 Å². The molecule has 0 spiro atoms. The summed E-state index contributed by atoms with van der Waals surface area (Å²) in [4.78, 5) is 21.3. The number of morpholine rings is 1. The van der Waals surface area contributed by atoms with Crippen molar-refractivity contribution < 1.29 is 4.74 Å². The van der Waals surface area contributed by atoms with Crippen molar-refractivity contribution in [1.29, 1.82) is 0 Å². The lowest BCUT2D eigenvalue weighted by Crippen LogP contribution is -2.36. The van der Waals surface area contributed by atoms with Gasteiger partial charge in [0.1, 0.15) is 12.1 Å². The van der Waals surface area contributed by atoms with Crippen LogP contribution >= 0.6 is 0 Å². The highest BCUT2D eigenvalue weighted by molar-refractivity contribution is 6.02. The average Bonchev–Trinajstić information content (AvgIpc) is 2.74. The predicted octanol–water partition coefficient (Wildman–Crippen LogP) is 0.660. The summed E-state index contributed by atoms with van der Waals surface area (Å²) >= 11 is 0. The fourth-order valence-corrected chi connectivity index (χ4v) is 2.93. The lowest BCUT2D eigenvalue weighted by molar-refractivity contribution is 0.122. The minimum atomic E-state index is -0.102. The minimum Gasteiger partial charge on any atom is -0.378 e. The normalized spacial score (nSPS) is 14.4. The van der Waals surface area contributed by atoms with E-state index in [2.05, 4.69) is 40.4 Å². The molecular formula is C20H30N10O. The minimum absolute atomic E-state index is 0.102. The standard InChI is InChI=1S/C20H30N10O/c1-29(2)8-7-23-17-13-18(25-14-24-17)27-20(28-19(21)22)26-15-3-5-16(6-4-15)30-9-11-31-12-10-30/h3-6,13-14H,7-12H2,1-2H3,(H6,21,22,23,24,25,26,27,28). The number of aromatic nitrogens is 2. The van der Waals surface area contributed by atoms with Gasteiger partial charge in [0, 0.05) is 43.6 Å². The van der Waals surface area contributed by atoms with Crippen LogP contribution in [0.1, 0.15) is 0 Å². The van der Waals surface area contributed by atoms with Gasteiger partial charge in [-0.05, 0) is 38.4 Å². The predicted molar refractivity (Wildman–Crippen MR) is 125 cm³/mol. The maximum atomic E-state index is 5.58. The van der Waals surface area contributed by atoms with Crippen molar-refractivity contribution in [3.63, 3.8) is 0 Å². The Morgan fingerprint density at radius 3 is 2.58 bits per heavy atom. The van der Waals surface area contributed by atoms with Gasteiger partial charge < -0.3 is 36.6 Å². The molecule has 0 atom stereocenters. The molecule has 0 saturated carbocycles. The Bertz CT molecular complexity index is 887. The molecule has 6 N–H and O–H groups in total.